The summed E-state index contributed by atoms with van der Waals surface area (Å²) in [6.07, 6.45) is -0.708. The van der Waals surface area contributed by atoms with E-state index in [0.29, 0.717) is 5.69 Å². The van der Waals surface area contributed by atoms with Crippen LogP contribution < -0.4 is 15.4 Å². The van der Waals surface area contributed by atoms with E-state index in [1.807, 2.05) is 36.4 Å². The molecule has 3 N–H and O–H groups in total. The molecule has 0 aliphatic heterocycles. The van der Waals surface area contributed by atoms with Crippen LogP contribution in [0.5, 0.6) is 5.75 Å². The Morgan fingerprint density at radius 2 is 1.50 bits per heavy atom. The van der Waals surface area contributed by atoms with Crippen LogP contribution in [0.15, 0.2) is 72.8 Å². The van der Waals surface area contributed by atoms with Crippen molar-refractivity contribution in [1.29, 1.82) is 0 Å². The number of nitrogens with one attached hydrogen (secondary N) is 2. The second kappa shape index (κ2) is 10.1. The zero-order valence-corrected chi connectivity index (χ0v) is 18.5. The van der Waals surface area contributed by atoms with Gasteiger partial charge in [0, 0.05) is 5.92 Å². The standard InChI is InChI=1S/C26H24N2O6/c1-16(25(31)28-22-12-6-7-13-23(22)33-15-24(29)30)27-26(32)34-14-21-19-10-4-2-8-17(19)18-9-3-5-11-20(18)21/h2-13,16,21H,14-15H2,1H3,(H,27,32)(H,28,31)(H,29,30)/t16-/m0/s1. The van der Waals surface area contributed by atoms with Crippen molar-refractivity contribution in [2.75, 3.05) is 18.5 Å². The second-order valence-electron chi connectivity index (χ2n) is 7.86. The third kappa shape index (κ3) is 5.01. The Morgan fingerprint density at radius 1 is 0.912 bits per heavy atom. The van der Waals surface area contributed by atoms with Crippen molar-refractivity contribution in [3.8, 4) is 16.9 Å². The zero-order chi connectivity index (χ0) is 24.1. The normalized spacial score (nSPS) is 12.7. The van der Waals surface area contributed by atoms with E-state index in [0.717, 1.165) is 22.3 Å². The number of carbonyl (C=O) groups is 3. The molecule has 1 atom stereocenters. The number of hydrogen-bond donors (Lipinski definition) is 3. The van der Waals surface area contributed by atoms with Crippen molar-refractivity contribution >= 4 is 23.7 Å². The van der Waals surface area contributed by atoms with Crippen LogP contribution in [-0.2, 0) is 14.3 Å². The van der Waals surface area contributed by atoms with E-state index in [-0.39, 0.29) is 18.3 Å². The van der Waals surface area contributed by atoms with Gasteiger partial charge in [-0.25, -0.2) is 9.59 Å². The van der Waals surface area contributed by atoms with Crippen molar-refractivity contribution < 1.29 is 29.0 Å². The van der Waals surface area contributed by atoms with Gasteiger partial charge < -0.3 is 25.2 Å². The monoisotopic (exact) mass is 460 g/mol. The predicted octanol–water partition coefficient (Wildman–Crippen LogP) is 4.02. The molecule has 34 heavy (non-hydrogen) atoms. The first kappa shape index (κ1) is 22.8. The van der Waals surface area contributed by atoms with Gasteiger partial charge in [0.2, 0.25) is 5.91 Å². The minimum absolute atomic E-state index is 0.0828. The Kier molecular flexibility index (Phi) is 6.77. The van der Waals surface area contributed by atoms with E-state index in [4.69, 9.17) is 14.6 Å². The smallest absolute Gasteiger partial charge is 0.407 e. The minimum Gasteiger partial charge on any atom is -0.480 e. The van der Waals surface area contributed by atoms with Crippen LogP contribution in [0.2, 0.25) is 0 Å². The van der Waals surface area contributed by atoms with E-state index >= 15 is 0 Å². The fraction of sp³-hybridized carbons (Fsp3) is 0.192. The number of aliphatic carboxylic acids is 1. The summed E-state index contributed by atoms with van der Waals surface area (Å²) in [5.74, 6) is -1.50. The Hall–Kier alpha value is -4.33. The highest BCUT2D eigenvalue weighted by molar-refractivity contribution is 5.97. The number of carbonyl (C=O) groups excluding carboxylic acids is 2. The highest BCUT2D eigenvalue weighted by Crippen LogP contribution is 2.44. The lowest BCUT2D eigenvalue weighted by Gasteiger charge is -2.18. The van der Waals surface area contributed by atoms with Gasteiger partial charge in [0.05, 0.1) is 5.69 Å². The third-order valence-corrected chi connectivity index (χ3v) is 5.57. The van der Waals surface area contributed by atoms with Crippen molar-refractivity contribution in [2.24, 2.45) is 0 Å². The quantitative estimate of drug-likeness (QED) is 0.468. The van der Waals surface area contributed by atoms with Crippen LogP contribution in [0.25, 0.3) is 11.1 Å². The maximum absolute atomic E-state index is 12.6. The van der Waals surface area contributed by atoms with Gasteiger partial charge in [0.25, 0.3) is 0 Å². The van der Waals surface area contributed by atoms with Gasteiger partial charge in [-0.1, -0.05) is 60.7 Å². The highest BCUT2D eigenvalue weighted by Gasteiger charge is 2.29. The molecule has 8 heteroatoms. The largest absolute Gasteiger partial charge is 0.480 e. The highest BCUT2D eigenvalue weighted by atomic mass is 16.5. The molecular weight excluding hydrogens is 436 g/mol. The predicted molar refractivity (Wildman–Crippen MR) is 126 cm³/mol. The number of carboxylic acid groups (broad SMARTS) is 1. The van der Waals surface area contributed by atoms with Gasteiger partial charge in [0.1, 0.15) is 18.4 Å². The molecule has 0 aromatic heterocycles. The Balaban J connectivity index is 1.34. The summed E-state index contributed by atoms with van der Waals surface area (Å²) in [7, 11) is 0. The lowest BCUT2D eigenvalue weighted by Crippen LogP contribution is -2.42. The molecule has 3 aromatic carbocycles. The molecule has 2 amide bonds. The number of benzene rings is 3. The van der Waals surface area contributed by atoms with Crippen LogP contribution in [0, 0.1) is 0 Å². The Labute approximate surface area is 196 Å². The maximum atomic E-state index is 12.6. The number of hydrogen-bond acceptors (Lipinski definition) is 5. The molecule has 0 bridgehead atoms. The number of anilines is 1. The minimum atomic E-state index is -1.13. The molecule has 3 aromatic rings. The third-order valence-electron chi connectivity index (χ3n) is 5.57. The number of amides is 2. The van der Waals surface area contributed by atoms with Crippen LogP contribution in [0.3, 0.4) is 0 Å². The van der Waals surface area contributed by atoms with Crippen LogP contribution in [0.4, 0.5) is 10.5 Å². The summed E-state index contributed by atoms with van der Waals surface area (Å²) in [6.45, 7) is 1.12. The van der Waals surface area contributed by atoms with Crippen molar-refractivity contribution in [3.05, 3.63) is 83.9 Å². The topological polar surface area (TPSA) is 114 Å². The van der Waals surface area contributed by atoms with Gasteiger partial charge in [-0.05, 0) is 41.3 Å². The Morgan fingerprint density at radius 3 is 2.15 bits per heavy atom. The molecule has 8 nitrogen and oxygen atoms in total. The summed E-state index contributed by atoms with van der Waals surface area (Å²) in [4.78, 5) is 35.8. The molecule has 0 unspecified atom stereocenters. The molecule has 4 rings (SSSR count). The lowest BCUT2D eigenvalue weighted by atomic mass is 9.98. The SMILES string of the molecule is C[C@H](NC(=O)OCC1c2ccccc2-c2ccccc21)C(=O)Nc1ccccc1OCC(=O)O. The fourth-order valence-electron chi connectivity index (χ4n) is 3.96. The molecular formula is C26H24N2O6. The summed E-state index contributed by atoms with van der Waals surface area (Å²) < 4.78 is 10.7. The number of rotatable bonds is 8. The van der Waals surface area contributed by atoms with E-state index in [9.17, 15) is 14.4 Å². The number of fused-ring (bicyclic) bond motifs is 3. The lowest BCUT2D eigenvalue weighted by molar-refractivity contribution is -0.139. The van der Waals surface area contributed by atoms with Crippen LogP contribution in [-0.4, -0.2) is 42.3 Å². The van der Waals surface area contributed by atoms with Gasteiger partial charge >= 0.3 is 12.1 Å². The Bertz CT molecular complexity index is 1180. The number of ether oxygens (including phenoxy) is 2. The molecule has 0 radical (unpaired) electrons. The van der Waals surface area contributed by atoms with Crippen LogP contribution in [0.1, 0.15) is 24.0 Å². The second-order valence-corrected chi connectivity index (χ2v) is 7.86. The molecule has 0 saturated heterocycles. The first-order valence-electron chi connectivity index (χ1n) is 10.8. The number of para-hydroxylation sites is 2. The first-order valence-corrected chi connectivity index (χ1v) is 10.8. The molecule has 1 aliphatic carbocycles. The van der Waals surface area contributed by atoms with Crippen LogP contribution >= 0.6 is 0 Å². The van der Waals surface area contributed by atoms with E-state index in [2.05, 4.69) is 22.8 Å². The average Bonchev–Trinajstić information content (AvgIpc) is 3.16. The molecule has 1 aliphatic rings. The van der Waals surface area contributed by atoms with Gasteiger partial charge in [-0.3, -0.25) is 4.79 Å². The van der Waals surface area contributed by atoms with Gasteiger partial charge in [0.15, 0.2) is 6.61 Å². The fourth-order valence-corrected chi connectivity index (χ4v) is 3.96. The number of alkyl carbamates (subject to hydrolysis) is 1. The molecule has 0 saturated carbocycles. The maximum Gasteiger partial charge on any atom is 0.407 e. The average molecular weight is 460 g/mol. The van der Waals surface area contributed by atoms with Crippen molar-refractivity contribution in [1.82, 2.24) is 5.32 Å². The summed E-state index contributed by atoms with van der Waals surface area (Å²) in [5.41, 5.74) is 4.75. The summed E-state index contributed by atoms with van der Waals surface area (Å²) >= 11 is 0. The molecule has 0 fully saturated rings. The molecule has 0 spiro atoms. The van der Waals surface area contributed by atoms with Crippen molar-refractivity contribution in [2.45, 2.75) is 18.9 Å². The van der Waals surface area contributed by atoms with E-state index < -0.39 is 30.6 Å². The summed E-state index contributed by atoms with van der Waals surface area (Å²) in [5, 5.41) is 14.0. The van der Waals surface area contributed by atoms with Gasteiger partial charge in [-0.15, -0.1) is 0 Å². The first-order chi connectivity index (χ1) is 16.4. The number of carboxylic acids is 1. The van der Waals surface area contributed by atoms with E-state index in [1.165, 1.54) is 6.92 Å². The van der Waals surface area contributed by atoms with E-state index in [1.54, 1.807) is 24.3 Å². The van der Waals surface area contributed by atoms with Gasteiger partial charge in [-0.2, -0.15) is 0 Å². The van der Waals surface area contributed by atoms with Crippen molar-refractivity contribution in [3.63, 3.8) is 0 Å². The molecule has 0 heterocycles. The summed E-state index contributed by atoms with van der Waals surface area (Å²) in [6, 6.07) is 21.6. The molecule has 174 valence electrons. The zero-order valence-electron chi connectivity index (χ0n) is 18.5.